The van der Waals surface area contributed by atoms with Gasteiger partial charge in [0.05, 0.1) is 30.0 Å². The molecule has 1 amide bonds. The number of hydrogen-bond acceptors (Lipinski definition) is 4. The van der Waals surface area contributed by atoms with Crippen LogP contribution in [0.25, 0.3) is 0 Å². The van der Waals surface area contributed by atoms with E-state index in [0.29, 0.717) is 11.1 Å². The molecule has 1 aliphatic carbocycles. The van der Waals surface area contributed by atoms with Gasteiger partial charge < -0.3 is 15.4 Å². The quantitative estimate of drug-likeness (QED) is 0.810. The van der Waals surface area contributed by atoms with E-state index >= 15 is 0 Å². The maximum Gasteiger partial charge on any atom is 0.337 e. The van der Waals surface area contributed by atoms with Gasteiger partial charge in [-0.1, -0.05) is 12.1 Å². The molecule has 2 aromatic carbocycles. The first-order valence-corrected chi connectivity index (χ1v) is 9.00. The number of anilines is 1. The molecule has 4 rings (SSSR count). The van der Waals surface area contributed by atoms with E-state index in [1.807, 2.05) is 6.92 Å². The molecule has 1 fully saturated rings. The largest absolute Gasteiger partial charge is 0.465 e. The SMILES string of the molecule is COC(=O)c1ccc([C@H](C)NC(=O)c2cc(F)cc3c2NCC32CC2)cc1. The molecule has 1 heterocycles. The lowest BCUT2D eigenvalue weighted by molar-refractivity contribution is 0.0600. The zero-order chi connectivity index (χ0) is 19.2. The zero-order valence-corrected chi connectivity index (χ0v) is 15.3. The van der Waals surface area contributed by atoms with Crippen molar-refractivity contribution in [2.45, 2.75) is 31.2 Å². The molecule has 2 N–H and O–H groups in total. The normalized spacial score (nSPS) is 17.0. The van der Waals surface area contributed by atoms with Crippen molar-refractivity contribution < 1.29 is 18.7 Å². The molecule has 2 aliphatic rings. The van der Waals surface area contributed by atoms with Crippen LogP contribution in [0.15, 0.2) is 36.4 Å². The fourth-order valence-electron chi connectivity index (χ4n) is 3.73. The fourth-order valence-corrected chi connectivity index (χ4v) is 3.73. The first kappa shape index (κ1) is 17.5. The van der Waals surface area contributed by atoms with E-state index in [1.165, 1.54) is 13.2 Å². The van der Waals surface area contributed by atoms with Crippen molar-refractivity contribution in [1.29, 1.82) is 0 Å². The van der Waals surface area contributed by atoms with Gasteiger partial charge in [-0.05, 0) is 55.2 Å². The van der Waals surface area contributed by atoms with Crippen molar-refractivity contribution >= 4 is 17.6 Å². The molecule has 1 aliphatic heterocycles. The highest BCUT2D eigenvalue weighted by molar-refractivity contribution is 6.01. The molecule has 0 saturated heterocycles. The summed E-state index contributed by atoms with van der Waals surface area (Å²) in [6, 6.07) is 9.39. The van der Waals surface area contributed by atoms with E-state index < -0.39 is 5.97 Å². The maximum absolute atomic E-state index is 14.1. The molecule has 1 spiro atoms. The highest BCUT2D eigenvalue weighted by Crippen LogP contribution is 2.55. The van der Waals surface area contributed by atoms with Crippen molar-refractivity contribution in [2.24, 2.45) is 0 Å². The molecule has 1 atom stereocenters. The van der Waals surface area contributed by atoms with Gasteiger partial charge in [0.2, 0.25) is 0 Å². The molecular formula is C21H21FN2O3. The van der Waals surface area contributed by atoms with E-state index in [1.54, 1.807) is 30.3 Å². The summed E-state index contributed by atoms with van der Waals surface area (Å²) in [5.41, 5.74) is 3.31. The number of methoxy groups -OCH3 is 1. The number of rotatable bonds is 4. The fraction of sp³-hybridized carbons (Fsp3) is 0.333. The molecule has 0 radical (unpaired) electrons. The highest BCUT2D eigenvalue weighted by atomic mass is 19.1. The van der Waals surface area contributed by atoms with Crippen LogP contribution in [0.3, 0.4) is 0 Å². The molecule has 0 aromatic heterocycles. The number of fused-ring (bicyclic) bond motifs is 2. The van der Waals surface area contributed by atoms with Gasteiger partial charge in [0, 0.05) is 12.0 Å². The summed E-state index contributed by atoms with van der Waals surface area (Å²) < 4.78 is 18.8. The predicted molar refractivity (Wildman–Crippen MR) is 99.5 cm³/mol. The Labute approximate surface area is 156 Å². The molecular weight excluding hydrogens is 347 g/mol. The summed E-state index contributed by atoms with van der Waals surface area (Å²) in [5.74, 6) is -1.11. The lowest BCUT2D eigenvalue weighted by Crippen LogP contribution is -2.27. The highest BCUT2D eigenvalue weighted by Gasteiger charge is 2.50. The van der Waals surface area contributed by atoms with Gasteiger partial charge in [0.1, 0.15) is 5.82 Å². The van der Waals surface area contributed by atoms with E-state index in [-0.39, 0.29) is 23.2 Å². The summed E-state index contributed by atoms with van der Waals surface area (Å²) in [6.45, 7) is 2.61. The van der Waals surface area contributed by atoms with Crippen molar-refractivity contribution in [1.82, 2.24) is 5.32 Å². The Balaban J connectivity index is 1.54. The second-order valence-corrected chi connectivity index (χ2v) is 7.32. The Kier molecular flexibility index (Phi) is 4.13. The van der Waals surface area contributed by atoms with Gasteiger partial charge in [-0.3, -0.25) is 4.79 Å². The number of carbonyl (C=O) groups excluding carboxylic acids is 2. The second-order valence-electron chi connectivity index (χ2n) is 7.32. The minimum atomic E-state index is -0.409. The number of benzene rings is 2. The summed E-state index contributed by atoms with van der Waals surface area (Å²) >= 11 is 0. The molecule has 27 heavy (non-hydrogen) atoms. The van der Waals surface area contributed by atoms with Crippen molar-refractivity contribution in [3.05, 3.63) is 64.5 Å². The number of amides is 1. The van der Waals surface area contributed by atoms with Crippen molar-refractivity contribution in [2.75, 3.05) is 19.0 Å². The third-order valence-corrected chi connectivity index (χ3v) is 5.56. The predicted octanol–water partition coefficient (Wildman–Crippen LogP) is 3.56. The smallest absolute Gasteiger partial charge is 0.337 e. The Morgan fingerprint density at radius 1 is 1.22 bits per heavy atom. The van der Waals surface area contributed by atoms with E-state index in [0.717, 1.165) is 36.2 Å². The van der Waals surface area contributed by atoms with Crippen molar-refractivity contribution in [3.63, 3.8) is 0 Å². The van der Waals surface area contributed by atoms with Crippen LogP contribution in [-0.4, -0.2) is 25.5 Å². The molecule has 2 aromatic rings. The summed E-state index contributed by atoms with van der Waals surface area (Å²) in [4.78, 5) is 24.3. The van der Waals surface area contributed by atoms with Crippen LogP contribution in [0.1, 0.15) is 57.7 Å². The first-order valence-electron chi connectivity index (χ1n) is 9.00. The minimum absolute atomic E-state index is 0.0157. The number of nitrogens with one attached hydrogen (secondary N) is 2. The van der Waals surface area contributed by atoms with Crippen molar-refractivity contribution in [3.8, 4) is 0 Å². The monoisotopic (exact) mass is 368 g/mol. The molecule has 5 nitrogen and oxygen atoms in total. The average molecular weight is 368 g/mol. The Bertz CT molecular complexity index is 920. The number of carbonyl (C=O) groups is 2. The Morgan fingerprint density at radius 3 is 2.56 bits per heavy atom. The maximum atomic E-state index is 14.1. The molecule has 140 valence electrons. The molecule has 0 bridgehead atoms. The first-order chi connectivity index (χ1) is 12.9. The van der Waals surface area contributed by atoms with E-state index in [2.05, 4.69) is 15.4 Å². The van der Waals surface area contributed by atoms with Gasteiger partial charge in [-0.2, -0.15) is 0 Å². The van der Waals surface area contributed by atoms with Crippen LogP contribution in [0.2, 0.25) is 0 Å². The van der Waals surface area contributed by atoms with E-state index in [9.17, 15) is 14.0 Å². The number of esters is 1. The Morgan fingerprint density at radius 2 is 1.93 bits per heavy atom. The second kappa shape index (κ2) is 6.37. The number of halogens is 1. The summed E-state index contributed by atoms with van der Waals surface area (Å²) in [6.07, 6.45) is 2.06. The van der Waals surface area contributed by atoms with Crippen LogP contribution < -0.4 is 10.6 Å². The molecule has 0 unspecified atom stereocenters. The van der Waals surface area contributed by atoms with Gasteiger partial charge >= 0.3 is 5.97 Å². The van der Waals surface area contributed by atoms with E-state index in [4.69, 9.17) is 0 Å². The lowest BCUT2D eigenvalue weighted by Gasteiger charge is -2.17. The average Bonchev–Trinajstić information content (AvgIpc) is 3.38. The van der Waals surface area contributed by atoms with Gasteiger partial charge in [0.15, 0.2) is 0 Å². The van der Waals surface area contributed by atoms with Crippen LogP contribution >= 0.6 is 0 Å². The number of ether oxygens (including phenoxy) is 1. The summed E-state index contributed by atoms with van der Waals surface area (Å²) in [5, 5.41) is 6.21. The lowest BCUT2D eigenvalue weighted by atomic mass is 9.96. The third kappa shape index (κ3) is 3.05. The molecule has 1 saturated carbocycles. The van der Waals surface area contributed by atoms with Crippen LogP contribution in [-0.2, 0) is 10.2 Å². The zero-order valence-electron chi connectivity index (χ0n) is 15.3. The van der Waals surface area contributed by atoms with Gasteiger partial charge in [-0.15, -0.1) is 0 Å². The van der Waals surface area contributed by atoms with Gasteiger partial charge in [-0.25, -0.2) is 9.18 Å². The van der Waals surface area contributed by atoms with Crippen LogP contribution in [0.5, 0.6) is 0 Å². The van der Waals surface area contributed by atoms with Crippen LogP contribution in [0, 0.1) is 5.82 Å². The van der Waals surface area contributed by atoms with Crippen LogP contribution in [0.4, 0.5) is 10.1 Å². The summed E-state index contributed by atoms with van der Waals surface area (Å²) in [7, 11) is 1.33. The number of hydrogen-bond donors (Lipinski definition) is 2. The standard InChI is InChI=1S/C21H21FN2O3/c1-12(13-3-5-14(6-4-13)20(26)27-2)24-19(25)16-9-15(22)10-17-18(16)23-11-21(17)7-8-21/h3-6,9-10,12,23H,7-8,11H2,1-2H3,(H,24,25)/t12-/m0/s1. The Hall–Kier alpha value is -2.89. The minimum Gasteiger partial charge on any atom is -0.465 e. The third-order valence-electron chi connectivity index (χ3n) is 5.56. The molecule has 6 heteroatoms. The topological polar surface area (TPSA) is 67.4 Å². The van der Waals surface area contributed by atoms with Gasteiger partial charge in [0.25, 0.3) is 5.91 Å².